The molecule has 8 heteroatoms. The monoisotopic (exact) mass is 335 g/mol. The summed E-state index contributed by atoms with van der Waals surface area (Å²) >= 11 is 0. The number of rotatable bonds is 7. The Hall–Kier alpha value is -2.90. The van der Waals surface area contributed by atoms with Gasteiger partial charge in [0.25, 0.3) is 0 Å². The van der Waals surface area contributed by atoms with Gasteiger partial charge in [-0.1, -0.05) is 13.8 Å². The smallest absolute Gasteiger partial charge is 0.335 e. The molecule has 0 bridgehead atoms. The SMILES string of the molecule is CCOc1ccc(C(=O)O)cc1/C=N\NC(=O)C(=O)NCC(C)C. The Morgan fingerprint density at radius 3 is 2.58 bits per heavy atom. The number of nitrogens with one attached hydrogen (secondary N) is 2. The van der Waals surface area contributed by atoms with Gasteiger partial charge in [-0.2, -0.15) is 5.10 Å². The van der Waals surface area contributed by atoms with Crippen molar-refractivity contribution in [3.05, 3.63) is 29.3 Å². The predicted octanol–water partition coefficient (Wildman–Crippen LogP) is 1.01. The summed E-state index contributed by atoms with van der Waals surface area (Å²) in [5.41, 5.74) is 2.52. The number of hydrazone groups is 1. The highest BCUT2D eigenvalue weighted by Gasteiger charge is 2.12. The lowest BCUT2D eigenvalue weighted by molar-refractivity contribution is -0.139. The first-order valence-corrected chi connectivity index (χ1v) is 7.46. The van der Waals surface area contributed by atoms with Crippen LogP contribution in [0.25, 0.3) is 0 Å². The van der Waals surface area contributed by atoms with Crippen molar-refractivity contribution in [1.82, 2.24) is 10.7 Å². The van der Waals surface area contributed by atoms with Crippen LogP contribution in [0.15, 0.2) is 23.3 Å². The fourth-order valence-corrected chi connectivity index (χ4v) is 1.66. The molecule has 0 aromatic heterocycles. The lowest BCUT2D eigenvalue weighted by Gasteiger charge is -2.08. The number of benzene rings is 1. The zero-order valence-electron chi connectivity index (χ0n) is 13.8. The molecule has 0 atom stereocenters. The summed E-state index contributed by atoms with van der Waals surface area (Å²) in [5, 5.41) is 15.1. The molecule has 24 heavy (non-hydrogen) atoms. The third-order valence-corrected chi connectivity index (χ3v) is 2.80. The van der Waals surface area contributed by atoms with Crippen molar-refractivity contribution in [2.24, 2.45) is 11.0 Å². The molecule has 8 nitrogen and oxygen atoms in total. The van der Waals surface area contributed by atoms with Crippen molar-refractivity contribution < 1.29 is 24.2 Å². The molecular weight excluding hydrogens is 314 g/mol. The Balaban J connectivity index is 2.77. The second-order valence-corrected chi connectivity index (χ2v) is 5.29. The molecule has 0 unspecified atom stereocenters. The quantitative estimate of drug-likeness (QED) is 0.390. The second kappa shape index (κ2) is 9.29. The van der Waals surface area contributed by atoms with Gasteiger partial charge in [-0.3, -0.25) is 9.59 Å². The topological polar surface area (TPSA) is 117 Å². The molecule has 1 rings (SSSR count). The minimum Gasteiger partial charge on any atom is -0.493 e. The molecule has 0 saturated carbocycles. The molecule has 0 fully saturated rings. The highest BCUT2D eigenvalue weighted by molar-refractivity contribution is 6.35. The van der Waals surface area contributed by atoms with E-state index in [-0.39, 0.29) is 11.5 Å². The molecule has 130 valence electrons. The Morgan fingerprint density at radius 1 is 1.29 bits per heavy atom. The number of hydrogen-bond acceptors (Lipinski definition) is 5. The minimum atomic E-state index is -1.09. The summed E-state index contributed by atoms with van der Waals surface area (Å²) in [6, 6.07) is 4.27. The van der Waals surface area contributed by atoms with Gasteiger partial charge in [-0.15, -0.1) is 0 Å². The van der Waals surface area contributed by atoms with E-state index in [2.05, 4.69) is 15.8 Å². The molecule has 1 aromatic carbocycles. The average Bonchev–Trinajstić information content (AvgIpc) is 2.53. The lowest BCUT2D eigenvalue weighted by Crippen LogP contribution is -2.39. The first-order valence-electron chi connectivity index (χ1n) is 7.46. The third-order valence-electron chi connectivity index (χ3n) is 2.80. The fraction of sp³-hybridized carbons (Fsp3) is 0.375. The Labute approximate surface area is 139 Å². The van der Waals surface area contributed by atoms with Gasteiger partial charge in [0.15, 0.2) is 0 Å². The van der Waals surface area contributed by atoms with Crippen LogP contribution in [0.4, 0.5) is 0 Å². The van der Waals surface area contributed by atoms with Crippen molar-refractivity contribution in [2.45, 2.75) is 20.8 Å². The average molecular weight is 335 g/mol. The number of ether oxygens (including phenoxy) is 1. The van der Waals surface area contributed by atoms with E-state index in [1.807, 2.05) is 13.8 Å². The second-order valence-electron chi connectivity index (χ2n) is 5.29. The fourth-order valence-electron chi connectivity index (χ4n) is 1.66. The van der Waals surface area contributed by atoms with E-state index in [4.69, 9.17) is 9.84 Å². The maximum Gasteiger partial charge on any atom is 0.335 e. The van der Waals surface area contributed by atoms with Crippen LogP contribution in [0.5, 0.6) is 5.75 Å². The van der Waals surface area contributed by atoms with Gasteiger partial charge in [0.05, 0.1) is 18.4 Å². The molecule has 0 radical (unpaired) electrons. The Morgan fingerprint density at radius 2 is 2.00 bits per heavy atom. The molecule has 0 spiro atoms. The number of hydrogen-bond donors (Lipinski definition) is 3. The van der Waals surface area contributed by atoms with E-state index >= 15 is 0 Å². The molecule has 0 aliphatic heterocycles. The van der Waals surface area contributed by atoms with Crippen molar-refractivity contribution >= 4 is 24.0 Å². The van der Waals surface area contributed by atoms with Gasteiger partial charge in [0.2, 0.25) is 0 Å². The third kappa shape index (κ3) is 6.07. The van der Waals surface area contributed by atoms with Gasteiger partial charge in [0, 0.05) is 12.1 Å². The van der Waals surface area contributed by atoms with Crippen molar-refractivity contribution in [2.75, 3.05) is 13.2 Å². The Kier molecular flexibility index (Phi) is 7.41. The standard InChI is InChI=1S/C16H21N3O5/c1-4-24-13-6-5-11(16(22)23)7-12(13)9-18-19-15(21)14(20)17-8-10(2)3/h5-7,9-10H,4,8H2,1-3H3,(H,17,20)(H,19,21)(H,22,23)/b18-9-. The van der Waals surface area contributed by atoms with Crippen LogP contribution in [0.1, 0.15) is 36.7 Å². The molecular formula is C16H21N3O5. The zero-order valence-corrected chi connectivity index (χ0v) is 13.8. The largest absolute Gasteiger partial charge is 0.493 e. The van der Waals surface area contributed by atoms with Crippen LogP contribution < -0.4 is 15.5 Å². The molecule has 0 heterocycles. The van der Waals surface area contributed by atoms with E-state index in [0.29, 0.717) is 24.5 Å². The number of amides is 2. The highest BCUT2D eigenvalue weighted by Crippen LogP contribution is 2.18. The molecule has 0 aliphatic rings. The normalized spacial score (nSPS) is 10.7. The molecule has 0 aliphatic carbocycles. The summed E-state index contributed by atoms with van der Waals surface area (Å²) in [5.74, 6) is -2.14. The summed E-state index contributed by atoms with van der Waals surface area (Å²) in [6.07, 6.45) is 1.23. The van der Waals surface area contributed by atoms with Gasteiger partial charge in [-0.25, -0.2) is 10.2 Å². The summed E-state index contributed by atoms with van der Waals surface area (Å²) in [7, 11) is 0. The minimum absolute atomic E-state index is 0.0564. The van der Waals surface area contributed by atoms with Gasteiger partial charge < -0.3 is 15.2 Å². The molecule has 3 N–H and O–H groups in total. The van der Waals surface area contributed by atoms with Crippen LogP contribution >= 0.6 is 0 Å². The molecule has 2 amide bonds. The number of carboxylic acid groups (broad SMARTS) is 1. The van der Waals surface area contributed by atoms with Crippen LogP contribution in [0.2, 0.25) is 0 Å². The number of nitrogens with zero attached hydrogens (tertiary/aromatic N) is 1. The van der Waals surface area contributed by atoms with E-state index in [0.717, 1.165) is 0 Å². The number of carbonyl (C=O) groups is 3. The van der Waals surface area contributed by atoms with E-state index in [1.54, 1.807) is 6.92 Å². The van der Waals surface area contributed by atoms with Crippen LogP contribution in [0.3, 0.4) is 0 Å². The predicted molar refractivity (Wildman–Crippen MR) is 88.2 cm³/mol. The van der Waals surface area contributed by atoms with Crippen LogP contribution in [-0.2, 0) is 9.59 Å². The summed E-state index contributed by atoms with van der Waals surface area (Å²) < 4.78 is 5.37. The van der Waals surface area contributed by atoms with Crippen LogP contribution in [0, 0.1) is 5.92 Å². The van der Waals surface area contributed by atoms with E-state index in [1.165, 1.54) is 24.4 Å². The van der Waals surface area contributed by atoms with Crippen molar-refractivity contribution in [3.63, 3.8) is 0 Å². The van der Waals surface area contributed by atoms with Gasteiger partial charge >= 0.3 is 17.8 Å². The highest BCUT2D eigenvalue weighted by atomic mass is 16.5. The number of carboxylic acids is 1. The lowest BCUT2D eigenvalue weighted by atomic mass is 10.1. The number of aromatic carboxylic acids is 1. The molecule has 1 aromatic rings. The zero-order chi connectivity index (χ0) is 18.1. The number of carbonyl (C=O) groups excluding carboxylic acids is 2. The van der Waals surface area contributed by atoms with Crippen molar-refractivity contribution in [3.8, 4) is 5.75 Å². The summed E-state index contributed by atoms with van der Waals surface area (Å²) in [6.45, 7) is 6.36. The summed E-state index contributed by atoms with van der Waals surface area (Å²) in [4.78, 5) is 34.1. The Bertz CT molecular complexity index is 641. The molecule has 0 saturated heterocycles. The first-order chi connectivity index (χ1) is 11.3. The van der Waals surface area contributed by atoms with Gasteiger partial charge in [-0.05, 0) is 31.0 Å². The van der Waals surface area contributed by atoms with E-state index in [9.17, 15) is 14.4 Å². The van der Waals surface area contributed by atoms with Gasteiger partial charge in [0.1, 0.15) is 5.75 Å². The van der Waals surface area contributed by atoms with Crippen LogP contribution in [-0.4, -0.2) is 42.3 Å². The maximum atomic E-state index is 11.6. The van der Waals surface area contributed by atoms with E-state index < -0.39 is 17.8 Å². The maximum absolute atomic E-state index is 11.6. The first kappa shape index (κ1) is 19.1. The van der Waals surface area contributed by atoms with Crippen molar-refractivity contribution in [1.29, 1.82) is 0 Å².